The number of methoxy groups -OCH3 is 1. The van der Waals surface area contributed by atoms with Crippen LogP contribution >= 0.6 is 0 Å². The van der Waals surface area contributed by atoms with E-state index in [1.54, 1.807) is 136 Å². The Morgan fingerprint density at radius 1 is 0.360 bits per heavy atom. The maximum atomic E-state index is 13.3. The van der Waals surface area contributed by atoms with Gasteiger partial charge in [0.2, 0.25) is 0 Å². The molecule has 6 N–H and O–H groups in total. The molecule has 5 aromatic heterocycles. The second-order valence-corrected chi connectivity index (χ2v) is 34.7. The molecule has 0 spiro atoms. The van der Waals surface area contributed by atoms with E-state index in [0.29, 0.717) is 108 Å². The number of hydrogen-bond donors (Lipinski definition) is 6. The second kappa shape index (κ2) is 38.6. The van der Waals surface area contributed by atoms with E-state index in [1.165, 1.54) is 92.1 Å². The first-order valence-electron chi connectivity index (χ1n) is 42.8. The molecular formula is C104H84F5N11O15S. The summed E-state index contributed by atoms with van der Waals surface area (Å²) in [4.78, 5) is 93.6. The highest BCUT2D eigenvalue weighted by Gasteiger charge is 2.41. The van der Waals surface area contributed by atoms with Crippen LogP contribution in [0.1, 0.15) is 135 Å². The van der Waals surface area contributed by atoms with Gasteiger partial charge in [0.05, 0.1) is 47.6 Å². The van der Waals surface area contributed by atoms with Gasteiger partial charge >= 0.3 is 10.3 Å². The van der Waals surface area contributed by atoms with Gasteiger partial charge in [-0.25, -0.2) is 22.0 Å². The zero-order chi connectivity index (χ0) is 95.7. The Balaban J connectivity index is 0.000000118. The van der Waals surface area contributed by atoms with Crippen molar-refractivity contribution < 1.29 is 93.9 Å². The number of nitrogens with zero attached hydrogens (tertiary/aromatic N) is 11. The summed E-state index contributed by atoms with van der Waals surface area (Å²) in [5, 5.41) is 66.5. The molecule has 16 aromatic rings. The summed E-state index contributed by atoms with van der Waals surface area (Å²) in [6, 6.07) is 57.5. The molecule has 0 radical (unpaired) electrons. The van der Waals surface area contributed by atoms with Crippen molar-refractivity contribution in [1.82, 2.24) is 53.7 Å². The van der Waals surface area contributed by atoms with E-state index >= 15 is 0 Å². The van der Waals surface area contributed by atoms with Crippen molar-refractivity contribution in [3.63, 3.8) is 0 Å². The minimum Gasteiger partial charge on any atom is -0.505 e. The number of halogens is 5. The first kappa shape index (κ1) is 91.7. The number of pyridine rings is 5. The largest absolute Gasteiger partial charge is 0.505 e. The van der Waals surface area contributed by atoms with Gasteiger partial charge in [-0.15, -0.1) is 0 Å². The SMILES string of the molecule is CN(C)S(=O)(=O)Oc1c2c(c(O)c3ncccc13)C(=O)N(Cc1ccc(F)cc1)C2.COCc1c2c(c(O)c3ncccc13)C(=O)N(Cc1ccc(F)cc1)C2.Cc1c2c(c(O)c3ncccc13)C(=O)N(Cc1ccc(F)cc1)C2.O=C1c2c(c(/C=C/c3ccccc3)c3cccnc3c2O)CN1Cc1ccc(F)cc1.O=C1c2c(c(CO)c3cccnc3c2O)CN1Cc1ccc(F)cc1. The number of carbonyl (C=O) groups is 5. The minimum absolute atomic E-state index is 0.0161. The summed E-state index contributed by atoms with van der Waals surface area (Å²) in [6.07, 6.45) is 11.7. The van der Waals surface area contributed by atoms with E-state index in [-0.39, 0.29) is 141 Å². The third-order valence-corrected chi connectivity index (χ3v) is 25.5. The first-order chi connectivity index (χ1) is 65.6. The Labute approximate surface area is 774 Å². The van der Waals surface area contributed by atoms with Crippen molar-refractivity contribution in [1.29, 1.82) is 0 Å². The van der Waals surface area contributed by atoms with Crippen LogP contribution in [0.15, 0.2) is 243 Å². The standard InChI is InChI=1S/C26H19FN2O2.C20H18FN3O5S.C20H17FN2O3.C19H15FN2O3.C19H15FN2O2/c27-19-11-8-18(9-12-19)15-29-16-22-20(13-10-17-5-2-1-3-6-17)21-7-4-14-28-24(21)25(30)23(22)26(29)31;1-23(2)30(27,28)29-19-14-4-3-9-22-17(14)18(25)16-15(19)11-24(20(16)26)10-12-5-7-13(21)8-6-12;1-26-11-16-14-3-2-8-22-18(14)19(24)17-15(16)10-23(20(17)25)9-12-4-6-13(21)7-5-12;20-12-5-3-11(4-6-12)8-22-9-14-15(10-23)13-2-1-7-21-17(13)18(24)16(14)19(22)25;1-11-14-3-2-8-21-17(14)18(23)16-15(11)10-22(19(16)24)9-12-4-6-13(20)7-5-12/h1-14,30H,15-16H2;3-9,25H,10-11H2,1-2H3;2-8,24H,9-11H2,1H3;1-7,23-24H,8-10H2;2-8,23H,9-10H2,1H3/b13-10+;;;;. The van der Waals surface area contributed by atoms with Crippen LogP contribution in [0.4, 0.5) is 22.0 Å². The molecule has 0 saturated heterocycles. The van der Waals surface area contributed by atoms with Crippen molar-refractivity contribution in [3.05, 3.63) is 384 Å². The number of rotatable bonds is 18. The number of ether oxygens (including phenoxy) is 1. The maximum Gasteiger partial charge on any atom is 0.384 e. The second-order valence-electron chi connectivity index (χ2n) is 32.9. The molecule has 0 saturated carbocycles. The molecule has 0 atom stereocenters. The zero-order valence-corrected chi connectivity index (χ0v) is 74.1. The topological polar surface area (TPSA) is 343 Å². The van der Waals surface area contributed by atoms with Gasteiger partial charge in [0, 0.05) is 144 Å². The number of phenols is 5. The Morgan fingerprint density at radius 2 is 0.654 bits per heavy atom. The van der Waals surface area contributed by atoms with E-state index in [4.69, 9.17) is 8.92 Å². The number of aromatic hydroxyl groups is 5. The average Bonchev–Trinajstić information content (AvgIpc) is 1.55. The van der Waals surface area contributed by atoms with Gasteiger partial charge in [0.1, 0.15) is 56.7 Å². The molecule has 136 heavy (non-hydrogen) atoms. The van der Waals surface area contributed by atoms with Crippen LogP contribution in [-0.2, 0) is 93.7 Å². The summed E-state index contributed by atoms with van der Waals surface area (Å²) in [5.41, 5.74) is 14.2. The quantitative estimate of drug-likeness (QED) is 0.0343. The van der Waals surface area contributed by atoms with Crippen LogP contribution in [0.5, 0.6) is 34.5 Å². The Hall–Kier alpha value is -16.2. The van der Waals surface area contributed by atoms with Crippen molar-refractivity contribution in [2.24, 2.45) is 0 Å². The summed E-state index contributed by atoms with van der Waals surface area (Å²) in [7, 11) is 0.112. The number of aryl methyl sites for hydroxylation is 1. The summed E-state index contributed by atoms with van der Waals surface area (Å²) in [5.74, 6) is -3.99. The average molecular weight is 1850 g/mol. The highest BCUT2D eigenvalue weighted by atomic mass is 32.2. The number of aliphatic hydroxyl groups excluding tert-OH is 1. The number of amides is 5. The molecule has 0 aliphatic carbocycles. The fourth-order valence-corrected chi connectivity index (χ4v) is 18.1. The Bertz CT molecular complexity index is 7600. The molecule has 10 heterocycles. The molecule has 21 rings (SSSR count). The minimum atomic E-state index is -4.12. The van der Waals surface area contributed by atoms with E-state index in [1.807, 2.05) is 79.7 Å². The highest BCUT2D eigenvalue weighted by Crippen LogP contribution is 2.48. The number of aromatic nitrogens is 5. The van der Waals surface area contributed by atoms with Crippen molar-refractivity contribution in [3.8, 4) is 34.5 Å². The van der Waals surface area contributed by atoms with Crippen molar-refractivity contribution in [2.45, 2.75) is 85.6 Å². The van der Waals surface area contributed by atoms with Crippen molar-refractivity contribution in [2.75, 3.05) is 21.2 Å². The molecular weight excluding hydrogens is 1770 g/mol. The van der Waals surface area contributed by atoms with Crippen LogP contribution in [0, 0.1) is 36.0 Å². The molecule has 0 unspecified atom stereocenters. The summed E-state index contributed by atoms with van der Waals surface area (Å²) in [6.45, 7) is 4.94. The normalized spacial score (nSPS) is 13.6. The zero-order valence-electron chi connectivity index (χ0n) is 73.3. The summed E-state index contributed by atoms with van der Waals surface area (Å²) >= 11 is 0. The van der Waals surface area contributed by atoms with Gasteiger partial charge in [-0.2, -0.15) is 12.7 Å². The Kier molecular flexibility index (Phi) is 26.0. The third-order valence-electron chi connectivity index (χ3n) is 24.2. The van der Waals surface area contributed by atoms with Crippen LogP contribution in [0.2, 0.25) is 0 Å². The monoisotopic (exact) mass is 1850 g/mol. The van der Waals surface area contributed by atoms with Gasteiger partial charge in [0.15, 0.2) is 34.5 Å². The predicted octanol–water partition coefficient (Wildman–Crippen LogP) is 17.5. The molecule has 5 aliphatic rings. The van der Waals surface area contributed by atoms with E-state index < -0.39 is 22.0 Å². The van der Waals surface area contributed by atoms with Crippen LogP contribution < -0.4 is 4.18 Å². The fraction of sp³-hybridized carbons (Fsp3) is 0.154. The molecule has 686 valence electrons. The van der Waals surface area contributed by atoms with Gasteiger partial charge < -0.3 is 64.1 Å². The predicted molar refractivity (Wildman–Crippen MR) is 497 cm³/mol. The maximum absolute atomic E-state index is 13.3. The molecule has 5 amide bonds. The first-order valence-corrected chi connectivity index (χ1v) is 44.1. The highest BCUT2D eigenvalue weighted by molar-refractivity contribution is 7.84. The van der Waals surface area contributed by atoms with Gasteiger partial charge in [-0.05, 0) is 182 Å². The lowest BCUT2D eigenvalue weighted by Gasteiger charge is -2.17. The molecule has 5 aliphatic heterocycles. The Morgan fingerprint density at radius 3 is 1.03 bits per heavy atom. The van der Waals surface area contributed by atoms with Crippen LogP contribution in [0.3, 0.4) is 0 Å². The molecule has 32 heteroatoms. The molecule has 11 aromatic carbocycles. The van der Waals surface area contributed by atoms with Gasteiger partial charge in [-0.1, -0.05) is 127 Å². The van der Waals surface area contributed by atoms with Crippen LogP contribution in [0.25, 0.3) is 66.7 Å². The van der Waals surface area contributed by atoms with Crippen molar-refractivity contribution >= 4 is 107 Å². The number of carbonyl (C=O) groups excluding carboxylic acids is 5. The number of fused-ring (bicyclic) bond motifs is 10. The van der Waals surface area contributed by atoms with E-state index in [0.717, 1.165) is 81.7 Å². The van der Waals surface area contributed by atoms with E-state index in [9.17, 15) is 85.0 Å². The lowest BCUT2D eigenvalue weighted by Crippen LogP contribution is -2.27. The lowest BCUT2D eigenvalue weighted by molar-refractivity contribution is 0.0757. The lowest BCUT2D eigenvalue weighted by atomic mass is 9.96. The molecule has 26 nitrogen and oxygen atoms in total. The van der Waals surface area contributed by atoms with Gasteiger partial charge in [-0.3, -0.25) is 48.9 Å². The summed E-state index contributed by atoms with van der Waals surface area (Å²) < 4.78 is 102. The fourth-order valence-electron chi connectivity index (χ4n) is 17.5. The van der Waals surface area contributed by atoms with E-state index in [2.05, 4.69) is 24.9 Å². The smallest absolute Gasteiger partial charge is 0.384 e. The number of aliphatic hydroxyl groups is 1. The molecule has 0 bridgehead atoms. The number of benzene rings is 11. The number of phenolic OH excluding ortho intramolecular Hbond substituents is 5. The van der Waals surface area contributed by atoms with Gasteiger partial charge in [0.25, 0.3) is 29.5 Å². The number of hydrogen-bond acceptors (Lipinski definition) is 20. The third kappa shape index (κ3) is 18.1. The van der Waals surface area contributed by atoms with Crippen LogP contribution in [-0.4, -0.2) is 144 Å². The molecule has 0 fully saturated rings.